The first-order valence-corrected chi connectivity index (χ1v) is 10.4. The van der Waals surface area contributed by atoms with Crippen LogP contribution in [0, 0.1) is 11.7 Å². The minimum absolute atomic E-state index is 0.000233. The molecule has 0 bridgehead atoms. The smallest absolute Gasteiger partial charge is 0.323 e. The second-order valence-electron chi connectivity index (χ2n) is 7.90. The molecule has 9 heteroatoms. The van der Waals surface area contributed by atoms with E-state index in [0.29, 0.717) is 17.4 Å². The van der Waals surface area contributed by atoms with E-state index >= 15 is 0 Å². The molecule has 4 rings (SSSR count). The fraction of sp³-hybridized carbons (Fsp3) is 0.476. The van der Waals surface area contributed by atoms with Gasteiger partial charge in [0.25, 0.3) is 0 Å². The molecule has 3 heterocycles. The molecule has 0 spiro atoms. The molecular weight excluding hydrogens is 387 g/mol. The van der Waals surface area contributed by atoms with Crippen LogP contribution in [0.5, 0.6) is 11.6 Å². The highest BCUT2D eigenvalue weighted by atomic mass is 19.1. The van der Waals surface area contributed by atoms with Gasteiger partial charge in [-0.1, -0.05) is 0 Å². The van der Waals surface area contributed by atoms with E-state index in [9.17, 15) is 9.18 Å². The summed E-state index contributed by atoms with van der Waals surface area (Å²) in [5, 5.41) is 2.78. The van der Waals surface area contributed by atoms with Crippen LogP contribution < -0.4 is 15.8 Å². The van der Waals surface area contributed by atoms with Crippen molar-refractivity contribution in [3.63, 3.8) is 0 Å². The summed E-state index contributed by atoms with van der Waals surface area (Å²) in [4.78, 5) is 25.0. The number of rotatable bonds is 5. The molecule has 2 aliphatic heterocycles. The molecule has 2 aliphatic rings. The Bertz CT molecular complexity index is 882. The number of nitrogen functional groups attached to an aromatic ring is 1. The highest BCUT2D eigenvalue weighted by Gasteiger charge is 2.25. The number of carbonyl (C=O) groups is 1. The summed E-state index contributed by atoms with van der Waals surface area (Å²) in [6.45, 7) is 5.02. The summed E-state index contributed by atoms with van der Waals surface area (Å²) >= 11 is 0. The van der Waals surface area contributed by atoms with Gasteiger partial charge < -0.3 is 20.3 Å². The normalized spacial score (nSPS) is 17.8. The molecule has 0 atom stereocenters. The van der Waals surface area contributed by atoms with Gasteiger partial charge in [-0.15, -0.1) is 0 Å². The number of piperidine rings is 1. The van der Waals surface area contributed by atoms with Gasteiger partial charge in [-0.05, 0) is 56.8 Å². The third-order valence-corrected chi connectivity index (χ3v) is 5.66. The second-order valence-corrected chi connectivity index (χ2v) is 7.90. The summed E-state index contributed by atoms with van der Waals surface area (Å²) in [6, 6.07) is 5.41. The Morgan fingerprint density at radius 3 is 2.67 bits per heavy atom. The van der Waals surface area contributed by atoms with Crippen molar-refractivity contribution in [2.75, 3.05) is 43.8 Å². The van der Waals surface area contributed by atoms with Crippen LogP contribution in [0.15, 0.2) is 30.6 Å². The van der Waals surface area contributed by atoms with E-state index in [1.165, 1.54) is 56.5 Å². The van der Waals surface area contributed by atoms with Crippen LogP contribution in [0.3, 0.4) is 0 Å². The molecule has 1 aromatic carbocycles. The van der Waals surface area contributed by atoms with Gasteiger partial charge >= 0.3 is 6.03 Å². The average molecular weight is 414 g/mol. The summed E-state index contributed by atoms with van der Waals surface area (Å²) in [6.07, 6.45) is 5.90. The maximum absolute atomic E-state index is 13.9. The highest BCUT2D eigenvalue weighted by molar-refractivity contribution is 5.88. The lowest BCUT2D eigenvalue weighted by Gasteiger charge is -2.33. The van der Waals surface area contributed by atoms with Crippen molar-refractivity contribution in [3.05, 3.63) is 36.4 Å². The van der Waals surface area contributed by atoms with Gasteiger partial charge in [-0.3, -0.25) is 5.32 Å². The van der Waals surface area contributed by atoms with Crippen LogP contribution in [-0.2, 0) is 0 Å². The Kier molecular flexibility index (Phi) is 6.27. The maximum atomic E-state index is 13.9. The average Bonchev–Trinajstić information content (AvgIpc) is 3.24. The van der Waals surface area contributed by atoms with E-state index in [0.717, 1.165) is 32.5 Å². The quantitative estimate of drug-likeness (QED) is 0.729. The van der Waals surface area contributed by atoms with Gasteiger partial charge in [0, 0.05) is 37.5 Å². The van der Waals surface area contributed by atoms with Crippen LogP contribution >= 0.6 is 0 Å². The van der Waals surface area contributed by atoms with E-state index in [1.54, 1.807) is 0 Å². The predicted molar refractivity (Wildman–Crippen MR) is 112 cm³/mol. The molecule has 2 saturated heterocycles. The number of halogens is 1. The number of ether oxygens (including phenoxy) is 1. The molecule has 0 saturated carbocycles. The van der Waals surface area contributed by atoms with E-state index in [2.05, 4.69) is 20.2 Å². The van der Waals surface area contributed by atoms with Crippen molar-refractivity contribution in [1.82, 2.24) is 19.8 Å². The van der Waals surface area contributed by atoms with Crippen molar-refractivity contribution in [3.8, 4) is 11.6 Å². The number of nitrogens with one attached hydrogen (secondary N) is 1. The van der Waals surface area contributed by atoms with Crippen molar-refractivity contribution >= 4 is 17.5 Å². The number of carbonyl (C=O) groups excluding carboxylic acids is 1. The van der Waals surface area contributed by atoms with Gasteiger partial charge in [0.15, 0.2) is 11.6 Å². The molecule has 8 nitrogen and oxygen atoms in total. The van der Waals surface area contributed by atoms with Crippen LogP contribution in [-0.4, -0.2) is 58.5 Å². The summed E-state index contributed by atoms with van der Waals surface area (Å²) in [5.74, 6) is 0.505. The van der Waals surface area contributed by atoms with Gasteiger partial charge in [0.2, 0.25) is 5.88 Å². The number of nitrogens with two attached hydrogens (primary N) is 1. The maximum Gasteiger partial charge on any atom is 0.323 e. The van der Waals surface area contributed by atoms with Crippen LogP contribution in [0.1, 0.15) is 25.7 Å². The zero-order valence-electron chi connectivity index (χ0n) is 16.9. The van der Waals surface area contributed by atoms with Gasteiger partial charge in [-0.25, -0.2) is 19.2 Å². The number of aromatic nitrogens is 2. The number of benzene rings is 1. The van der Waals surface area contributed by atoms with E-state index in [4.69, 9.17) is 10.5 Å². The standard InChI is InChI=1S/C21H27FN6O2/c22-17-11-16(23)3-4-18(17)30-20-12-19(24-14-25-20)26-21(29)28-9-5-15(6-10-28)13-27-7-1-2-8-27/h3-4,11-12,14-15H,1-2,5-10,13,23H2,(H,24,25,26,29). The largest absolute Gasteiger partial charge is 0.436 e. The van der Waals surface area contributed by atoms with Crippen LogP contribution in [0.4, 0.5) is 20.7 Å². The molecule has 2 fully saturated rings. The van der Waals surface area contributed by atoms with Crippen LogP contribution in [0.2, 0.25) is 0 Å². The molecular formula is C21H27FN6O2. The van der Waals surface area contributed by atoms with E-state index < -0.39 is 5.82 Å². The number of hydrogen-bond acceptors (Lipinski definition) is 6. The lowest BCUT2D eigenvalue weighted by Crippen LogP contribution is -2.43. The first-order valence-electron chi connectivity index (χ1n) is 10.4. The highest BCUT2D eigenvalue weighted by Crippen LogP contribution is 2.26. The first kappa shape index (κ1) is 20.3. The molecule has 2 aromatic rings. The van der Waals surface area contributed by atoms with Crippen molar-refractivity contribution in [1.29, 1.82) is 0 Å². The van der Waals surface area contributed by atoms with Gasteiger partial charge in [0.05, 0.1) is 0 Å². The second kappa shape index (κ2) is 9.25. The summed E-state index contributed by atoms with van der Waals surface area (Å²) < 4.78 is 19.4. The van der Waals surface area contributed by atoms with Crippen molar-refractivity contribution in [2.24, 2.45) is 5.92 Å². The van der Waals surface area contributed by atoms with Gasteiger partial charge in [0.1, 0.15) is 12.1 Å². The van der Waals surface area contributed by atoms with E-state index in [-0.39, 0.29) is 17.7 Å². The Morgan fingerprint density at radius 2 is 1.93 bits per heavy atom. The Morgan fingerprint density at radius 1 is 1.17 bits per heavy atom. The number of urea groups is 1. The molecule has 0 radical (unpaired) electrons. The lowest BCUT2D eigenvalue weighted by molar-refractivity contribution is 0.163. The minimum atomic E-state index is -0.587. The molecule has 3 N–H and O–H groups in total. The van der Waals surface area contributed by atoms with E-state index in [1.807, 2.05) is 4.90 Å². The molecule has 0 aliphatic carbocycles. The third-order valence-electron chi connectivity index (χ3n) is 5.66. The number of likely N-dealkylation sites (tertiary alicyclic amines) is 2. The molecule has 0 unspecified atom stereocenters. The monoisotopic (exact) mass is 414 g/mol. The Labute approximate surface area is 175 Å². The number of hydrogen-bond donors (Lipinski definition) is 2. The fourth-order valence-electron chi connectivity index (χ4n) is 4.01. The topological polar surface area (TPSA) is 96.6 Å². The number of amides is 2. The molecule has 30 heavy (non-hydrogen) atoms. The van der Waals surface area contributed by atoms with Crippen LogP contribution in [0.25, 0.3) is 0 Å². The zero-order chi connectivity index (χ0) is 20.9. The first-order chi connectivity index (χ1) is 14.6. The zero-order valence-corrected chi connectivity index (χ0v) is 16.9. The van der Waals surface area contributed by atoms with Crippen molar-refractivity contribution < 1.29 is 13.9 Å². The fourth-order valence-corrected chi connectivity index (χ4v) is 4.01. The van der Waals surface area contributed by atoms with Gasteiger partial charge in [-0.2, -0.15) is 0 Å². The van der Waals surface area contributed by atoms with Crippen molar-refractivity contribution in [2.45, 2.75) is 25.7 Å². The number of nitrogens with zero attached hydrogens (tertiary/aromatic N) is 4. The number of anilines is 2. The molecule has 1 aromatic heterocycles. The third kappa shape index (κ3) is 5.15. The Hall–Kier alpha value is -2.94. The summed E-state index contributed by atoms with van der Waals surface area (Å²) in [7, 11) is 0. The lowest BCUT2D eigenvalue weighted by atomic mass is 9.96. The SMILES string of the molecule is Nc1ccc(Oc2cc(NC(=O)N3CCC(CN4CCCC4)CC3)ncn2)c(F)c1. The summed E-state index contributed by atoms with van der Waals surface area (Å²) in [5.41, 5.74) is 5.85. The molecule has 2 amide bonds. The minimum Gasteiger partial charge on any atom is -0.436 e. The predicted octanol–water partition coefficient (Wildman–Crippen LogP) is 3.33. The Balaban J connectivity index is 1.30. The molecule has 160 valence electrons.